The zero-order chi connectivity index (χ0) is 13.7. The monoisotopic (exact) mass is 260 g/mol. The Kier molecular flexibility index (Phi) is 3.90. The summed E-state index contributed by atoms with van der Waals surface area (Å²) >= 11 is 0. The summed E-state index contributed by atoms with van der Waals surface area (Å²) in [6.45, 7) is 3.95. The second kappa shape index (κ2) is 5.61. The molecule has 0 aliphatic carbocycles. The minimum absolute atomic E-state index is 0.360. The van der Waals surface area contributed by atoms with Crippen molar-refractivity contribution in [3.05, 3.63) is 54.0 Å². The molecule has 0 aromatic heterocycles. The van der Waals surface area contributed by atoms with E-state index in [1.165, 1.54) is 18.6 Å². The highest BCUT2D eigenvalue weighted by atomic mass is 16.7. The van der Waals surface area contributed by atoms with Gasteiger partial charge >= 0.3 is 5.97 Å². The Morgan fingerprint density at radius 3 is 2.68 bits per heavy atom. The van der Waals surface area contributed by atoms with Crippen LogP contribution in [0.25, 0.3) is 6.08 Å². The first-order chi connectivity index (χ1) is 9.15. The van der Waals surface area contributed by atoms with Crippen LogP contribution in [0.2, 0.25) is 0 Å². The quantitative estimate of drug-likeness (QED) is 0.616. The SMILES string of the molecule is CCOC(=O)/C=C/c1ccccc1C1(C)OC=CO1. The molecular weight excluding hydrogens is 244 g/mol. The van der Waals surface area contributed by atoms with Crippen molar-refractivity contribution in [1.29, 1.82) is 0 Å². The highest BCUT2D eigenvalue weighted by molar-refractivity contribution is 5.87. The van der Waals surface area contributed by atoms with Crippen molar-refractivity contribution in [2.75, 3.05) is 6.61 Å². The fraction of sp³-hybridized carbons (Fsp3) is 0.267. The molecule has 2 rings (SSSR count). The van der Waals surface area contributed by atoms with Crippen LogP contribution in [0.4, 0.5) is 0 Å². The molecule has 4 nitrogen and oxygen atoms in total. The molecule has 100 valence electrons. The maximum Gasteiger partial charge on any atom is 0.330 e. The second-order valence-corrected chi connectivity index (χ2v) is 4.13. The van der Waals surface area contributed by atoms with Crippen LogP contribution >= 0.6 is 0 Å². The standard InChI is InChI=1S/C15H16O4/c1-3-17-14(16)9-8-12-6-4-5-7-13(12)15(2)18-10-11-19-15/h4-11H,3H2,1-2H3/b9-8+. The largest absolute Gasteiger partial charge is 0.463 e. The fourth-order valence-electron chi connectivity index (χ4n) is 1.87. The van der Waals surface area contributed by atoms with Crippen LogP contribution in [0.5, 0.6) is 0 Å². The fourth-order valence-corrected chi connectivity index (χ4v) is 1.87. The van der Waals surface area contributed by atoms with E-state index in [1.807, 2.05) is 31.2 Å². The van der Waals surface area contributed by atoms with Gasteiger partial charge in [-0.25, -0.2) is 4.79 Å². The molecule has 0 spiro atoms. The molecule has 0 bridgehead atoms. The molecule has 1 aromatic carbocycles. The molecule has 0 saturated carbocycles. The molecule has 1 aliphatic heterocycles. The number of carbonyl (C=O) groups excluding carboxylic acids is 1. The van der Waals surface area contributed by atoms with Crippen LogP contribution in [0.15, 0.2) is 42.9 Å². The number of hydrogen-bond donors (Lipinski definition) is 0. The van der Waals surface area contributed by atoms with E-state index in [1.54, 1.807) is 13.0 Å². The van der Waals surface area contributed by atoms with Gasteiger partial charge in [0.1, 0.15) is 12.5 Å². The number of benzene rings is 1. The predicted molar refractivity (Wildman–Crippen MR) is 70.8 cm³/mol. The number of hydrogen-bond acceptors (Lipinski definition) is 4. The van der Waals surface area contributed by atoms with Gasteiger partial charge in [0.05, 0.1) is 6.61 Å². The maximum atomic E-state index is 11.3. The second-order valence-electron chi connectivity index (χ2n) is 4.13. The van der Waals surface area contributed by atoms with Gasteiger partial charge in [-0.05, 0) is 18.6 Å². The van der Waals surface area contributed by atoms with Gasteiger partial charge in [-0.15, -0.1) is 0 Å². The van der Waals surface area contributed by atoms with E-state index in [2.05, 4.69) is 0 Å². The molecule has 0 N–H and O–H groups in total. The Balaban J connectivity index is 2.24. The molecule has 1 aliphatic rings. The average molecular weight is 260 g/mol. The maximum absolute atomic E-state index is 11.3. The van der Waals surface area contributed by atoms with Crippen molar-refractivity contribution >= 4 is 12.0 Å². The molecule has 19 heavy (non-hydrogen) atoms. The van der Waals surface area contributed by atoms with Crippen molar-refractivity contribution in [2.24, 2.45) is 0 Å². The highest BCUT2D eigenvalue weighted by Gasteiger charge is 2.33. The van der Waals surface area contributed by atoms with E-state index < -0.39 is 5.79 Å². The molecule has 0 saturated heterocycles. The van der Waals surface area contributed by atoms with Crippen molar-refractivity contribution in [3.8, 4) is 0 Å². The predicted octanol–water partition coefficient (Wildman–Crippen LogP) is 2.95. The number of esters is 1. The van der Waals surface area contributed by atoms with Crippen LogP contribution in [0, 0.1) is 0 Å². The third kappa shape index (κ3) is 2.96. The molecule has 0 fully saturated rings. The first-order valence-corrected chi connectivity index (χ1v) is 6.11. The summed E-state index contributed by atoms with van der Waals surface area (Å²) < 4.78 is 15.8. The van der Waals surface area contributed by atoms with Gasteiger partial charge in [0, 0.05) is 18.6 Å². The Labute approximate surface area is 112 Å². The van der Waals surface area contributed by atoms with E-state index in [0.29, 0.717) is 6.61 Å². The summed E-state index contributed by atoms with van der Waals surface area (Å²) in [4.78, 5) is 11.3. The van der Waals surface area contributed by atoms with Crippen LogP contribution in [0.1, 0.15) is 25.0 Å². The summed E-state index contributed by atoms with van der Waals surface area (Å²) in [7, 11) is 0. The average Bonchev–Trinajstić information content (AvgIpc) is 2.85. The van der Waals surface area contributed by atoms with E-state index in [9.17, 15) is 4.79 Å². The van der Waals surface area contributed by atoms with Crippen LogP contribution in [-0.2, 0) is 24.8 Å². The van der Waals surface area contributed by atoms with Gasteiger partial charge in [0.2, 0.25) is 0 Å². The molecule has 4 heteroatoms. The van der Waals surface area contributed by atoms with Gasteiger partial charge in [-0.3, -0.25) is 0 Å². The smallest absolute Gasteiger partial charge is 0.330 e. The zero-order valence-corrected chi connectivity index (χ0v) is 11.0. The first kappa shape index (κ1) is 13.2. The summed E-state index contributed by atoms with van der Waals surface area (Å²) in [5, 5.41) is 0. The number of ether oxygens (including phenoxy) is 3. The van der Waals surface area contributed by atoms with E-state index in [4.69, 9.17) is 14.2 Å². The van der Waals surface area contributed by atoms with E-state index in [-0.39, 0.29) is 5.97 Å². The summed E-state index contributed by atoms with van der Waals surface area (Å²) in [6.07, 6.45) is 6.11. The molecular formula is C15H16O4. The molecule has 1 aromatic rings. The highest BCUT2D eigenvalue weighted by Crippen LogP contribution is 2.34. The Morgan fingerprint density at radius 2 is 2.00 bits per heavy atom. The number of rotatable bonds is 4. The molecule has 0 amide bonds. The molecule has 0 unspecified atom stereocenters. The van der Waals surface area contributed by atoms with Crippen LogP contribution < -0.4 is 0 Å². The van der Waals surface area contributed by atoms with E-state index >= 15 is 0 Å². The normalized spacial score (nSPS) is 16.1. The topological polar surface area (TPSA) is 44.8 Å². The van der Waals surface area contributed by atoms with Gasteiger partial charge < -0.3 is 14.2 Å². The van der Waals surface area contributed by atoms with Crippen LogP contribution in [0.3, 0.4) is 0 Å². The minimum Gasteiger partial charge on any atom is -0.463 e. The Morgan fingerprint density at radius 1 is 1.32 bits per heavy atom. The minimum atomic E-state index is -0.852. The third-order valence-electron chi connectivity index (χ3n) is 2.78. The van der Waals surface area contributed by atoms with Gasteiger partial charge in [0.25, 0.3) is 5.79 Å². The summed E-state index contributed by atoms with van der Waals surface area (Å²) in [5.41, 5.74) is 1.70. The van der Waals surface area contributed by atoms with Crippen molar-refractivity contribution in [2.45, 2.75) is 19.6 Å². The van der Waals surface area contributed by atoms with Gasteiger partial charge in [0.15, 0.2) is 0 Å². The molecule has 1 heterocycles. The van der Waals surface area contributed by atoms with Gasteiger partial charge in [-0.2, -0.15) is 0 Å². The molecule has 0 atom stereocenters. The van der Waals surface area contributed by atoms with Crippen molar-refractivity contribution < 1.29 is 19.0 Å². The summed E-state index contributed by atoms with van der Waals surface area (Å²) in [5.74, 6) is -1.22. The Hall–Kier alpha value is -2.23. The van der Waals surface area contributed by atoms with Crippen molar-refractivity contribution in [1.82, 2.24) is 0 Å². The van der Waals surface area contributed by atoms with Crippen LogP contribution in [-0.4, -0.2) is 12.6 Å². The zero-order valence-electron chi connectivity index (χ0n) is 11.0. The first-order valence-electron chi connectivity index (χ1n) is 6.11. The Bertz CT molecular complexity index is 509. The van der Waals surface area contributed by atoms with E-state index in [0.717, 1.165) is 11.1 Å². The van der Waals surface area contributed by atoms with Gasteiger partial charge in [-0.1, -0.05) is 24.3 Å². The van der Waals surface area contributed by atoms with Crippen molar-refractivity contribution in [3.63, 3.8) is 0 Å². The lowest BCUT2D eigenvalue weighted by Crippen LogP contribution is -2.23. The lowest BCUT2D eigenvalue weighted by Gasteiger charge is -2.25. The lowest BCUT2D eigenvalue weighted by atomic mass is 10.00. The third-order valence-corrected chi connectivity index (χ3v) is 2.78. The lowest BCUT2D eigenvalue weighted by molar-refractivity contribution is -0.137. The summed E-state index contributed by atoms with van der Waals surface area (Å²) in [6, 6.07) is 7.58. The molecule has 0 radical (unpaired) electrons. The number of carbonyl (C=O) groups is 1.